The zero-order valence-electron chi connectivity index (χ0n) is 8.96. The summed E-state index contributed by atoms with van der Waals surface area (Å²) < 4.78 is 0. The highest BCUT2D eigenvalue weighted by Crippen LogP contribution is 2.13. The molecule has 0 fully saturated rings. The molecule has 0 amide bonds. The molecule has 0 spiro atoms. The average Bonchev–Trinajstić information content (AvgIpc) is 2.07. The van der Waals surface area contributed by atoms with Gasteiger partial charge in [0, 0.05) is 0 Å². The lowest BCUT2D eigenvalue weighted by atomic mass is 9.99. The highest BCUT2D eigenvalue weighted by molar-refractivity contribution is 5.26. The molecule has 0 aromatic heterocycles. The Hall–Kier alpha value is -1.08. The fourth-order valence-electron chi connectivity index (χ4n) is 1.57. The lowest BCUT2D eigenvalue weighted by Crippen LogP contribution is -2.11. The van der Waals surface area contributed by atoms with Crippen LogP contribution >= 0.6 is 0 Å². The second-order valence-corrected chi connectivity index (χ2v) is 3.95. The van der Waals surface area contributed by atoms with Crippen molar-refractivity contribution in [1.82, 2.24) is 0 Å². The normalized spacial score (nSPS) is 12.5. The van der Waals surface area contributed by atoms with Crippen LogP contribution < -0.4 is 0 Å². The standard InChI is InChI=1S/C13H18O/c1-10(2)8-13(14)9-12-7-5-4-6-11(12)3/h4-7,13-14H,1,8-9H2,2-3H3. The largest absolute Gasteiger partial charge is 0.392 e. The van der Waals surface area contributed by atoms with Crippen LogP contribution in [0.5, 0.6) is 0 Å². The summed E-state index contributed by atoms with van der Waals surface area (Å²) in [5.74, 6) is 0. The van der Waals surface area contributed by atoms with Gasteiger partial charge in [-0.15, -0.1) is 6.58 Å². The maximum absolute atomic E-state index is 9.74. The van der Waals surface area contributed by atoms with Crippen LogP contribution in [-0.4, -0.2) is 11.2 Å². The molecule has 0 saturated carbocycles. The number of aryl methyl sites for hydroxylation is 1. The van der Waals surface area contributed by atoms with E-state index < -0.39 is 0 Å². The molecule has 1 atom stereocenters. The van der Waals surface area contributed by atoms with Gasteiger partial charge >= 0.3 is 0 Å². The number of aliphatic hydroxyl groups excluding tert-OH is 1. The van der Waals surface area contributed by atoms with Crippen LogP contribution in [0.15, 0.2) is 36.4 Å². The molecule has 14 heavy (non-hydrogen) atoms. The predicted molar refractivity (Wildman–Crippen MR) is 60.3 cm³/mol. The zero-order valence-corrected chi connectivity index (χ0v) is 8.96. The van der Waals surface area contributed by atoms with Crippen LogP contribution in [0.2, 0.25) is 0 Å². The monoisotopic (exact) mass is 190 g/mol. The van der Waals surface area contributed by atoms with Crippen LogP contribution in [-0.2, 0) is 6.42 Å². The van der Waals surface area contributed by atoms with Gasteiger partial charge in [-0.05, 0) is 37.8 Å². The van der Waals surface area contributed by atoms with Crippen LogP contribution in [0, 0.1) is 6.92 Å². The van der Waals surface area contributed by atoms with Crippen molar-refractivity contribution in [3.05, 3.63) is 47.5 Å². The summed E-state index contributed by atoms with van der Waals surface area (Å²) in [6, 6.07) is 8.17. The van der Waals surface area contributed by atoms with Crippen molar-refractivity contribution in [3.8, 4) is 0 Å². The summed E-state index contributed by atoms with van der Waals surface area (Å²) in [6.45, 7) is 7.82. The Bertz CT molecular complexity index is 315. The SMILES string of the molecule is C=C(C)CC(O)Cc1ccccc1C. The van der Waals surface area contributed by atoms with Crippen LogP contribution in [0.3, 0.4) is 0 Å². The van der Waals surface area contributed by atoms with E-state index in [1.807, 2.05) is 19.1 Å². The van der Waals surface area contributed by atoms with E-state index in [-0.39, 0.29) is 6.10 Å². The Balaban J connectivity index is 2.60. The van der Waals surface area contributed by atoms with Crippen molar-refractivity contribution >= 4 is 0 Å². The Kier molecular flexibility index (Phi) is 3.90. The Morgan fingerprint density at radius 3 is 2.64 bits per heavy atom. The van der Waals surface area contributed by atoms with Crippen molar-refractivity contribution in [2.45, 2.75) is 32.8 Å². The molecular weight excluding hydrogens is 172 g/mol. The molecule has 1 N–H and O–H groups in total. The van der Waals surface area contributed by atoms with E-state index >= 15 is 0 Å². The van der Waals surface area contributed by atoms with E-state index in [1.165, 1.54) is 11.1 Å². The van der Waals surface area contributed by atoms with Gasteiger partial charge in [-0.3, -0.25) is 0 Å². The summed E-state index contributed by atoms with van der Waals surface area (Å²) in [5, 5.41) is 9.74. The third-order valence-corrected chi connectivity index (χ3v) is 2.30. The summed E-state index contributed by atoms with van der Waals surface area (Å²) in [5.41, 5.74) is 3.50. The van der Waals surface area contributed by atoms with E-state index in [4.69, 9.17) is 0 Å². The molecule has 1 heteroatoms. The number of benzene rings is 1. The molecule has 1 rings (SSSR count). The molecule has 1 aromatic rings. The fourth-order valence-corrected chi connectivity index (χ4v) is 1.57. The van der Waals surface area contributed by atoms with Gasteiger partial charge in [0.05, 0.1) is 6.10 Å². The smallest absolute Gasteiger partial charge is 0.0617 e. The number of hydrogen-bond acceptors (Lipinski definition) is 1. The topological polar surface area (TPSA) is 20.2 Å². The first-order valence-corrected chi connectivity index (χ1v) is 4.96. The molecule has 0 aliphatic rings. The van der Waals surface area contributed by atoms with Crippen molar-refractivity contribution in [1.29, 1.82) is 0 Å². The first-order chi connectivity index (χ1) is 6.59. The van der Waals surface area contributed by atoms with Crippen molar-refractivity contribution in [3.63, 3.8) is 0 Å². The molecule has 0 radical (unpaired) electrons. The minimum absolute atomic E-state index is 0.298. The third kappa shape index (κ3) is 3.35. The van der Waals surface area contributed by atoms with Crippen LogP contribution in [0.4, 0.5) is 0 Å². The lowest BCUT2D eigenvalue weighted by Gasteiger charge is -2.12. The quantitative estimate of drug-likeness (QED) is 0.724. The molecule has 0 aliphatic carbocycles. The van der Waals surface area contributed by atoms with Gasteiger partial charge < -0.3 is 5.11 Å². The Labute approximate surface area is 86.1 Å². The van der Waals surface area contributed by atoms with Gasteiger partial charge in [-0.2, -0.15) is 0 Å². The second kappa shape index (κ2) is 4.97. The molecule has 0 aliphatic heterocycles. The Morgan fingerprint density at radius 2 is 2.07 bits per heavy atom. The first-order valence-electron chi connectivity index (χ1n) is 4.96. The van der Waals surface area contributed by atoms with Gasteiger partial charge in [0.15, 0.2) is 0 Å². The summed E-state index contributed by atoms with van der Waals surface area (Å²) in [4.78, 5) is 0. The van der Waals surface area contributed by atoms with E-state index in [0.717, 1.165) is 12.0 Å². The molecule has 0 bridgehead atoms. The van der Waals surface area contributed by atoms with Gasteiger partial charge in [-0.25, -0.2) is 0 Å². The molecular formula is C13H18O. The minimum atomic E-state index is -0.298. The highest BCUT2D eigenvalue weighted by Gasteiger charge is 2.06. The number of rotatable bonds is 4. The molecule has 1 aromatic carbocycles. The van der Waals surface area contributed by atoms with Gasteiger partial charge in [0.2, 0.25) is 0 Å². The summed E-state index contributed by atoms with van der Waals surface area (Å²) in [6.07, 6.45) is 1.11. The van der Waals surface area contributed by atoms with Crippen LogP contribution in [0.1, 0.15) is 24.5 Å². The van der Waals surface area contributed by atoms with Crippen LogP contribution in [0.25, 0.3) is 0 Å². The molecule has 0 heterocycles. The molecule has 1 nitrogen and oxygen atoms in total. The van der Waals surface area contributed by atoms with Gasteiger partial charge in [0.25, 0.3) is 0 Å². The fraction of sp³-hybridized carbons (Fsp3) is 0.385. The minimum Gasteiger partial charge on any atom is -0.392 e. The number of hydrogen-bond donors (Lipinski definition) is 1. The molecule has 1 unspecified atom stereocenters. The summed E-state index contributed by atoms with van der Waals surface area (Å²) >= 11 is 0. The lowest BCUT2D eigenvalue weighted by molar-refractivity contribution is 0.175. The maximum atomic E-state index is 9.74. The van der Waals surface area contributed by atoms with Gasteiger partial charge in [-0.1, -0.05) is 29.8 Å². The Morgan fingerprint density at radius 1 is 1.43 bits per heavy atom. The second-order valence-electron chi connectivity index (χ2n) is 3.95. The van der Waals surface area contributed by atoms with E-state index in [2.05, 4.69) is 25.6 Å². The highest BCUT2D eigenvalue weighted by atomic mass is 16.3. The number of aliphatic hydroxyl groups is 1. The van der Waals surface area contributed by atoms with E-state index in [9.17, 15) is 5.11 Å². The predicted octanol–water partition coefficient (Wildman–Crippen LogP) is 2.86. The van der Waals surface area contributed by atoms with E-state index in [0.29, 0.717) is 6.42 Å². The zero-order chi connectivity index (χ0) is 10.6. The van der Waals surface area contributed by atoms with Gasteiger partial charge in [0.1, 0.15) is 0 Å². The third-order valence-electron chi connectivity index (χ3n) is 2.30. The molecule has 0 saturated heterocycles. The summed E-state index contributed by atoms with van der Waals surface area (Å²) in [7, 11) is 0. The van der Waals surface area contributed by atoms with Crippen molar-refractivity contribution < 1.29 is 5.11 Å². The van der Waals surface area contributed by atoms with Crippen molar-refractivity contribution in [2.75, 3.05) is 0 Å². The van der Waals surface area contributed by atoms with Crippen molar-refractivity contribution in [2.24, 2.45) is 0 Å². The van der Waals surface area contributed by atoms with E-state index in [1.54, 1.807) is 0 Å². The first kappa shape index (κ1) is 11.0. The average molecular weight is 190 g/mol. The molecule has 76 valence electrons. The maximum Gasteiger partial charge on any atom is 0.0617 e.